The number of para-hydroxylation sites is 1. The van der Waals surface area contributed by atoms with Gasteiger partial charge in [-0.1, -0.05) is 36.4 Å². The van der Waals surface area contributed by atoms with E-state index in [-0.39, 0.29) is 16.6 Å². The molecule has 24 heavy (non-hydrogen) atoms. The summed E-state index contributed by atoms with van der Waals surface area (Å²) in [6.45, 7) is 0.585. The highest BCUT2D eigenvalue weighted by atomic mass is 32.2. The second kappa shape index (κ2) is 7.15. The van der Waals surface area contributed by atoms with Crippen LogP contribution >= 0.6 is 0 Å². The Labute approximate surface area is 141 Å². The Hall–Kier alpha value is -2.18. The smallest absolute Gasteiger partial charge is 0.253 e. The van der Waals surface area contributed by atoms with Crippen LogP contribution in [0.1, 0.15) is 18.4 Å². The lowest BCUT2D eigenvalue weighted by atomic mass is 10.2. The fraction of sp³-hybridized carbons (Fsp3) is 0.278. The molecule has 1 fully saturated rings. The molecule has 1 heterocycles. The first-order valence-electron chi connectivity index (χ1n) is 7.84. The fourth-order valence-electron chi connectivity index (χ4n) is 2.68. The van der Waals surface area contributed by atoms with Crippen LogP contribution in [0.3, 0.4) is 0 Å². The third-order valence-corrected chi connectivity index (χ3v) is 5.63. The Morgan fingerprint density at radius 3 is 2.50 bits per heavy atom. The maximum atomic E-state index is 12.6. The van der Waals surface area contributed by atoms with Gasteiger partial charge in [-0.15, -0.1) is 0 Å². The average Bonchev–Trinajstić information content (AvgIpc) is 3.12. The van der Waals surface area contributed by atoms with Crippen LogP contribution in [0.15, 0.2) is 59.5 Å². The highest BCUT2D eigenvalue weighted by molar-refractivity contribution is 7.90. The molecule has 0 saturated carbocycles. The second-order valence-corrected chi connectivity index (χ2v) is 7.71. The molecule has 0 aromatic heterocycles. The quantitative estimate of drug-likeness (QED) is 0.904. The molecule has 126 valence electrons. The molecule has 1 amide bonds. The summed E-state index contributed by atoms with van der Waals surface area (Å²) in [4.78, 5) is 12.5. The van der Waals surface area contributed by atoms with Gasteiger partial charge in [-0.3, -0.25) is 4.79 Å². The normalized spacial score (nSPS) is 17.6. The Bertz CT molecular complexity index is 812. The summed E-state index contributed by atoms with van der Waals surface area (Å²) in [7, 11) is -3.47. The fourth-order valence-corrected chi connectivity index (χ4v) is 4.08. The summed E-state index contributed by atoms with van der Waals surface area (Å²) in [5.41, 5.74) is 1.07. The number of amides is 1. The van der Waals surface area contributed by atoms with Crippen molar-refractivity contribution in [2.24, 2.45) is 0 Å². The van der Waals surface area contributed by atoms with Gasteiger partial charge in [0.05, 0.1) is 10.6 Å². The first-order valence-corrected chi connectivity index (χ1v) is 9.50. The zero-order valence-corrected chi connectivity index (χ0v) is 14.0. The molecule has 3 rings (SSSR count). The number of hydrogen-bond acceptors (Lipinski definition) is 4. The number of ether oxygens (including phenoxy) is 1. The topological polar surface area (TPSA) is 72.5 Å². The first-order chi connectivity index (χ1) is 11.6. The van der Waals surface area contributed by atoms with Crippen LogP contribution < -0.4 is 5.32 Å². The van der Waals surface area contributed by atoms with Crippen LogP contribution in [0.2, 0.25) is 0 Å². The molecule has 1 atom stereocenters. The molecule has 5 nitrogen and oxygen atoms in total. The second-order valence-electron chi connectivity index (χ2n) is 5.72. The van der Waals surface area contributed by atoms with Gasteiger partial charge in [0.15, 0.2) is 9.84 Å². The van der Waals surface area contributed by atoms with Gasteiger partial charge >= 0.3 is 0 Å². The number of benzene rings is 2. The van der Waals surface area contributed by atoms with E-state index in [4.69, 9.17) is 4.74 Å². The average molecular weight is 345 g/mol. The minimum atomic E-state index is -3.47. The minimum absolute atomic E-state index is 0.168. The van der Waals surface area contributed by atoms with Gasteiger partial charge in [0, 0.05) is 12.3 Å². The lowest BCUT2D eigenvalue weighted by Crippen LogP contribution is -2.27. The van der Waals surface area contributed by atoms with Gasteiger partial charge in [0.1, 0.15) is 6.10 Å². The highest BCUT2D eigenvalue weighted by Gasteiger charge is 2.25. The van der Waals surface area contributed by atoms with Crippen molar-refractivity contribution in [2.45, 2.75) is 29.6 Å². The van der Waals surface area contributed by atoms with Crippen molar-refractivity contribution >= 4 is 21.4 Å². The standard InChI is InChI=1S/C18H19NO4S/c20-18(17-11-6-12-23-17)19-16-10-5-4-7-14(16)13-24(21,22)15-8-2-1-3-9-15/h1-5,7-10,17H,6,11-13H2,(H,19,20)/t17-/m1/s1. The van der Waals surface area contributed by atoms with Crippen LogP contribution in [0.25, 0.3) is 0 Å². The van der Waals surface area contributed by atoms with Gasteiger partial charge in [-0.2, -0.15) is 0 Å². The Balaban J connectivity index is 1.80. The van der Waals surface area contributed by atoms with E-state index in [9.17, 15) is 13.2 Å². The van der Waals surface area contributed by atoms with Gasteiger partial charge in [-0.05, 0) is 36.6 Å². The van der Waals surface area contributed by atoms with Crippen LogP contribution in [-0.4, -0.2) is 27.0 Å². The molecule has 0 radical (unpaired) electrons. The van der Waals surface area contributed by atoms with E-state index in [2.05, 4.69) is 5.32 Å². The number of nitrogens with one attached hydrogen (secondary N) is 1. The third kappa shape index (κ3) is 3.83. The number of hydrogen-bond donors (Lipinski definition) is 1. The molecular weight excluding hydrogens is 326 g/mol. The third-order valence-electron chi connectivity index (χ3n) is 3.95. The molecule has 0 unspecified atom stereocenters. The van der Waals surface area contributed by atoms with Crippen molar-refractivity contribution in [3.63, 3.8) is 0 Å². The maximum absolute atomic E-state index is 12.6. The Morgan fingerprint density at radius 1 is 1.08 bits per heavy atom. The van der Waals surface area contributed by atoms with Crippen molar-refractivity contribution in [1.82, 2.24) is 0 Å². The SMILES string of the molecule is O=C(Nc1ccccc1CS(=O)(=O)c1ccccc1)[C@H]1CCCO1. The van der Waals surface area contributed by atoms with E-state index in [0.29, 0.717) is 24.3 Å². The number of carbonyl (C=O) groups is 1. The van der Waals surface area contributed by atoms with Crippen molar-refractivity contribution in [2.75, 3.05) is 11.9 Å². The van der Waals surface area contributed by atoms with Crippen molar-refractivity contribution in [3.05, 3.63) is 60.2 Å². The largest absolute Gasteiger partial charge is 0.368 e. The maximum Gasteiger partial charge on any atom is 0.253 e. The van der Waals surface area contributed by atoms with Crippen LogP contribution in [0.5, 0.6) is 0 Å². The zero-order valence-electron chi connectivity index (χ0n) is 13.1. The van der Waals surface area contributed by atoms with Crippen LogP contribution in [0.4, 0.5) is 5.69 Å². The van der Waals surface area contributed by atoms with Crippen molar-refractivity contribution in [3.8, 4) is 0 Å². The van der Waals surface area contributed by atoms with Crippen molar-refractivity contribution < 1.29 is 17.9 Å². The lowest BCUT2D eigenvalue weighted by Gasteiger charge is -2.14. The first kappa shape index (κ1) is 16.7. The number of carbonyl (C=O) groups excluding carboxylic acids is 1. The van der Waals surface area contributed by atoms with Crippen molar-refractivity contribution in [1.29, 1.82) is 0 Å². The number of anilines is 1. The Kier molecular flexibility index (Phi) is 4.97. The molecule has 2 aromatic carbocycles. The Morgan fingerprint density at radius 2 is 1.79 bits per heavy atom. The molecule has 1 aliphatic heterocycles. The summed E-state index contributed by atoms with van der Waals surface area (Å²) in [5, 5.41) is 2.80. The van der Waals surface area contributed by atoms with Crippen LogP contribution in [-0.2, 0) is 25.1 Å². The van der Waals surface area contributed by atoms with Crippen LogP contribution in [0, 0.1) is 0 Å². The molecular formula is C18H19NO4S. The highest BCUT2D eigenvalue weighted by Crippen LogP contribution is 2.23. The molecule has 1 N–H and O–H groups in total. The predicted molar refractivity (Wildman–Crippen MR) is 91.4 cm³/mol. The minimum Gasteiger partial charge on any atom is -0.368 e. The van der Waals surface area contributed by atoms with E-state index in [1.165, 1.54) is 0 Å². The van der Waals surface area contributed by atoms with E-state index in [0.717, 1.165) is 6.42 Å². The zero-order chi connectivity index (χ0) is 17.0. The van der Waals surface area contributed by atoms with Gasteiger partial charge in [0.2, 0.25) is 0 Å². The molecule has 6 heteroatoms. The number of rotatable bonds is 5. The summed E-state index contributed by atoms with van der Waals surface area (Å²) in [6, 6.07) is 15.3. The molecule has 0 bridgehead atoms. The van der Waals surface area contributed by atoms with Gasteiger partial charge in [0.25, 0.3) is 5.91 Å². The molecule has 1 saturated heterocycles. The van der Waals surface area contributed by atoms with Gasteiger partial charge < -0.3 is 10.1 Å². The molecule has 1 aliphatic rings. The predicted octanol–water partition coefficient (Wildman–Crippen LogP) is 2.78. The summed E-state index contributed by atoms with van der Waals surface area (Å²) < 4.78 is 30.5. The summed E-state index contributed by atoms with van der Waals surface area (Å²) in [6.07, 6.45) is 1.10. The van der Waals surface area contributed by atoms with E-state index in [1.807, 2.05) is 0 Å². The molecule has 2 aromatic rings. The lowest BCUT2D eigenvalue weighted by molar-refractivity contribution is -0.124. The van der Waals surface area contributed by atoms with E-state index in [1.54, 1.807) is 54.6 Å². The number of sulfone groups is 1. The molecule has 0 spiro atoms. The summed E-state index contributed by atoms with van der Waals surface area (Å²) in [5.74, 6) is -0.393. The van der Waals surface area contributed by atoms with E-state index >= 15 is 0 Å². The molecule has 0 aliphatic carbocycles. The summed E-state index contributed by atoms with van der Waals surface area (Å²) >= 11 is 0. The van der Waals surface area contributed by atoms with E-state index < -0.39 is 15.9 Å². The monoisotopic (exact) mass is 345 g/mol. The van der Waals surface area contributed by atoms with Gasteiger partial charge in [-0.25, -0.2) is 8.42 Å².